The molecule has 1 aliphatic rings. The predicted molar refractivity (Wildman–Crippen MR) is 112 cm³/mol. The number of hydrogen-bond acceptors (Lipinski definition) is 5. The van der Waals surface area contributed by atoms with Crippen LogP contribution in [-0.2, 0) is 11.3 Å². The number of nitrogens with zero attached hydrogens (tertiary/aromatic N) is 4. The van der Waals surface area contributed by atoms with Gasteiger partial charge in [0, 0.05) is 37.9 Å². The Morgan fingerprint density at radius 1 is 1.14 bits per heavy atom. The number of rotatable bonds is 4. The Kier molecular flexibility index (Phi) is 5.64. The lowest BCUT2D eigenvalue weighted by atomic mass is 10.2. The fourth-order valence-electron chi connectivity index (χ4n) is 3.24. The third-order valence-electron chi connectivity index (χ3n) is 4.83. The molecule has 4 rings (SSSR count). The zero-order chi connectivity index (χ0) is 20.4. The van der Waals surface area contributed by atoms with E-state index in [4.69, 9.17) is 11.6 Å². The van der Waals surface area contributed by atoms with E-state index in [-0.39, 0.29) is 23.0 Å². The van der Waals surface area contributed by atoms with E-state index < -0.39 is 5.82 Å². The van der Waals surface area contributed by atoms with Crippen molar-refractivity contribution in [3.8, 4) is 10.6 Å². The molecule has 0 spiro atoms. The minimum atomic E-state index is -0.452. The van der Waals surface area contributed by atoms with E-state index in [0.717, 1.165) is 10.6 Å². The number of halogens is 2. The van der Waals surface area contributed by atoms with Gasteiger partial charge in [0.15, 0.2) is 0 Å². The smallest absolute Gasteiger partial charge is 0.267 e. The molecule has 2 aromatic heterocycles. The molecule has 0 saturated carbocycles. The van der Waals surface area contributed by atoms with Gasteiger partial charge in [0.1, 0.15) is 18.1 Å². The maximum absolute atomic E-state index is 13.4. The molecule has 1 amide bonds. The van der Waals surface area contributed by atoms with Crippen LogP contribution >= 0.6 is 22.9 Å². The van der Waals surface area contributed by atoms with Crippen molar-refractivity contribution in [2.24, 2.45) is 0 Å². The Morgan fingerprint density at radius 3 is 2.62 bits per heavy atom. The van der Waals surface area contributed by atoms with Gasteiger partial charge >= 0.3 is 0 Å². The number of carbonyl (C=O) groups excluding carboxylic acids is 1. The maximum Gasteiger partial charge on any atom is 0.267 e. The molecule has 0 aliphatic carbocycles. The molecule has 0 unspecified atom stereocenters. The van der Waals surface area contributed by atoms with Crippen LogP contribution in [0.1, 0.15) is 0 Å². The van der Waals surface area contributed by atoms with Gasteiger partial charge in [-0.1, -0.05) is 17.7 Å². The van der Waals surface area contributed by atoms with Crippen LogP contribution in [0.15, 0.2) is 52.6 Å². The first-order valence-electron chi connectivity index (χ1n) is 9.11. The monoisotopic (exact) mass is 432 g/mol. The first kappa shape index (κ1) is 19.6. The molecule has 6 nitrogen and oxygen atoms in total. The summed E-state index contributed by atoms with van der Waals surface area (Å²) in [5.41, 5.74) is 1.19. The highest BCUT2D eigenvalue weighted by atomic mass is 35.5. The minimum Gasteiger partial charge on any atom is -0.368 e. The summed E-state index contributed by atoms with van der Waals surface area (Å²) in [7, 11) is 0. The van der Waals surface area contributed by atoms with Crippen LogP contribution in [0.2, 0.25) is 5.02 Å². The van der Waals surface area contributed by atoms with Crippen LogP contribution in [0.25, 0.3) is 10.6 Å². The van der Waals surface area contributed by atoms with Crippen LogP contribution in [0.4, 0.5) is 10.1 Å². The van der Waals surface area contributed by atoms with E-state index in [1.165, 1.54) is 28.2 Å². The lowest BCUT2D eigenvalue weighted by Gasteiger charge is -2.36. The van der Waals surface area contributed by atoms with Gasteiger partial charge in [-0.25, -0.2) is 9.07 Å². The Bertz CT molecular complexity index is 1080. The summed E-state index contributed by atoms with van der Waals surface area (Å²) in [4.78, 5) is 29.5. The number of anilines is 1. The van der Waals surface area contributed by atoms with Gasteiger partial charge in [0.25, 0.3) is 5.56 Å². The molecule has 0 radical (unpaired) electrons. The van der Waals surface area contributed by atoms with Crippen LogP contribution < -0.4 is 10.5 Å². The predicted octanol–water partition coefficient (Wildman–Crippen LogP) is 3.11. The summed E-state index contributed by atoms with van der Waals surface area (Å²) in [6, 6.07) is 11.5. The summed E-state index contributed by atoms with van der Waals surface area (Å²) in [5.74, 6) is -0.605. The highest BCUT2D eigenvalue weighted by Gasteiger charge is 2.22. The molecule has 1 aromatic carbocycles. The van der Waals surface area contributed by atoms with Crippen LogP contribution in [0, 0.1) is 5.82 Å². The highest BCUT2D eigenvalue weighted by Crippen LogP contribution is 2.24. The van der Waals surface area contributed by atoms with Crippen molar-refractivity contribution in [2.75, 3.05) is 31.1 Å². The van der Waals surface area contributed by atoms with E-state index >= 15 is 0 Å². The summed E-state index contributed by atoms with van der Waals surface area (Å²) in [6.45, 7) is 2.12. The lowest BCUT2D eigenvalue weighted by Crippen LogP contribution is -2.50. The summed E-state index contributed by atoms with van der Waals surface area (Å²) >= 11 is 7.39. The largest absolute Gasteiger partial charge is 0.368 e. The van der Waals surface area contributed by atoms with Crippen molar-refractivity contribution in [1.29, 1.82) is 0 Å². The average Bonchev–Trinajstić information content (AvgIpc) is 3.27. The number of carbonyl (C=O) groups is 1. The summed E-state index contributed by atoms with van der Waals surface area (Å²) < 4.78 is 14.6. The van der Waals surface area contributed by atoms with Gasteiger partial charge in [-0.2, -0.15) is 5.10 Å². The second-order valence-corrected chi connectivity index (χ2v) is 8.01. The maximum atomic E-state index is 13.4. The SMILES string of the molecule is O=C(Cn1nc(-c2cccs2)ccc1=O)N1CCN(c2ccc(F)c(Cl)c2)CC1. The molecule has 1 fully saturated rings. The van der Waals surface area contributed by atoms with Crippen LogP contribution in [0.5, 0.6) is 0 Å². The number of piperazine rings is 1. The second kappa shape index (κ2) is 8.34. The van der Waals surface area contributed by atoms with Crippen molar-refractivity contribution in [3.63, 3.8) is 0 Å². The van der Waals surface area contributed by atoms with Crippen molar-refractivity contribution in [3.05, 3.63) is 69.0 Å². The molecule has 0 atom stereocenters. The zero-order valence-electron chi connectivity index (χ0n) is 15.4. The molecular formula is C20H18ClFN4O2S. The molecular weight excluding hydrogens is 415 g/mol. The molecule has 150 valence electrons. The van der Waals surface area contributed by atoms with E-state index in [1.807, 2.05) is 17.5 Å². The Hall–Kier alpha value is -2.71. The van der Waals surface area contributed by atoms with Gasteiger partial charge in [0.2, 0.25) is 5.91 Å². The Morgan fingerprint density at radius 2 is 1.93 bits per heavy atom. The normalized spacial score (nSPS) is 14.3. The Labute approximate surface area is 175 Å². The highest BCUT2D eigenvalue weighted by molar-refractivity contribution is 7.13. The minimum absolute atomic E-state index is 0.0806. The lowest BCUT2D eigenvalue weighted by molar-refractivity contribution is -0.132. The van der Waals surface area contributed by atoms with E-state index in [9.17, 15) is 14.0 Å². The van der Waals surface area contributed by atoms with Crippen molar-refractivity contribution in [1.82, 2.24) is 14.7 Å². The van der Waals surface area contributed by atoms with Gasteiger partial charge in [0.05, 0.1) is 9.90 Å². The van der Waals surface area contributed by atoms with E-state index in [1.54, 1.807) is 23.1 Å². The van der Waals surface area contributed by atoms with Crippen molar-refractivity contribution >= 4 is 34.5 Å². The van der Waals surface area contributed by atoms with Gasteiger partial charge in [-0.15, -0.1) is 11.3 Å². The van der Waals surface area contributed by atoms with Crippen molar-refractivity contribution in [2.45, 2.75) is 6.54 Å². The molecule has 29 heavy (non-hydrogen) atoms. The summed E-state index contributed by atoms with van der Waals surface area (Å²) in [5, 5.41) is 6.35. The quantitative estimate of drug-likeness (QED) is 0.635. The van der Waals surface area contributed by atoms with Crippen molar-refractivity contribution < 1.29 is 9.18 Å². The molecule has 9 heteroatoms. The van der Waals surface area contributed by atoms with Gasteiger partial charge in [-0.05, 0) is 35.7 Å². The zero-order valence-corrected chi connectivity index (χ0v) is 17.0. The molecule has 1 aliphatic heterocycles. The fourth-order valence-corrected chi connectivity index (χ4v) is 4.11. The third kappa shape index (κ3) is 4.33. The Balaban J connectivity index is 1.41. The number of hydrogen-bond donors (Lipinski definition) is 0. The second-order valence-electron chi connectivity index (χ2n) is 6.66. The molecule has 0 N–H and O–H groups in total. The number of aromatic nitrogens is 2. The van der Waals surface area contributed by atoms with Gasteiger partial charge < -0.3 is 9.80 Å². The first-order chi connectivity index (χ1) is 14.0. The summed E-state index contributed by atoms with van der Waals surface area (Å²) in [6.07, 6.45) is 0. The topological polar surface area (TPSA) is 58.4 Å². The molecule has 0 bridgehead atoms. The molecule has 3 heterocycles. The molecule has 3 aromatic rings. The average molecular weight is 433 g/mol. The third-order valence-corrected chi connectivity index (χ3v) is 6.01. The molecule has 1 saturated heterocycles. The van der Waals surface area contributed by atoms with Crippen LogP contribution in [0.3, 0.4) is 0 Å². The van der Waals surface area contributed by atoms with E-state index in [0.29, 0.717) is 31.9 Å². The number of benzene rings is 1. The standard InChI is InChI=1S/C20H18ClFN4O2S/c21-15-12-14(3-4-16(15)22)24-7-9-25(10-8-24)20(28)13-26-19(27)6-5-17(23-26)18-2-1-11-29-18/h1-6,11-12H,7-10,13H2. The van der Waals surface area contributed by atoms with Gasteiger partial charge in [-0.3, -0.25) is 9.59 Å². The van der Waals surface area contributed by atoms with E-state index in [2.05, 4.69) is 10.00 Å². The first-order valence-corrected chi connectivity index (χ1v) is 10.4. The number of thiophene rings is 1. The number of amides is 1. The fraction of sp³-hybridized carbons (Fsp3) is 0.250. The van der Waals surface area contributed by atoms with Crippen LogP contribution in [-0.4, -0.2) is 46.8 Å².